The van der Waals surface area contributed by atoms with Gasteiger partial charge in [-0.25, -0.2) is 0 Å². The number of halogens is 1. The monoisotopic (exact) mass is 359 g/mol. The molecule has 1 fully saturated rings. The predicted molar refractivity (Wildman–Crippen MR) is 103 cm³/mol. The molecule has 1 saturated heterocycles. The zero-order valence-corrected chi connectivity index (χ0v) is 14.8. The highest BCUT2D eigenvalue weighted by Crippen LogP contribution is 2.22. The molecule has 6 heteroatoms. The molecule has 1 heterocycles. The summed E-state index contributed by atoms with van der Waals surface area (Å²) in [6.45, 7) is 2.58. The molecule has 0 spiro atoms. The first-order valence-corrected chi connectivity index (χ1v) is 8.50. The Kier molecular flexibility index (Phi) is 5.02. The van der Waals surface area contributed by atoms with E-state index >= 15 is 0 Å². The number of aryl methyl sites for hydroxylation is 1. The molecule has 3 rings (SSSR count). The molecule has 1 aliphatic heterocycles. The number of para-hydroxylation sites is 1. The number of rotatable bonds is 3. The van der Waals surface area contributed by atoms with E-state index in [4.69, 9.17) is 23.8 Å². The predicted octanol–water partition coefficient (Wildman–Crippen LogP) is 3.74. The van der Waals surface area contributed by atoms with Crippen molar-refractivity contribution in [1.82, 2.24) is 5.32 Å². The van der Waals surface area contributed by atoms with E-state index in [-0.39, 0.29) is 11.9 Å². The summed E-state index contributed by atoms with van der Waals surface area (Å²) in [6.07, 6.45) is 0.422. The number of nitrogens with one attached hydrogen (secondary N) is 2. The lowest BCUT2D eigenvalue weighted by Crippen LogP contribution is -2.39. The fraction of sp³-hybridized carbons (Fsp3) is 0.222. The van der Waals surface area contributed by atoms with Crippen molar-refractivity contribution in [2.45, 2.75) is 19.4 Å². The Hall–Kier alpha value is -2.11. The van der Waals surface area contributed by atoms with Crippen molar-refractivity contribution < 1.29 is 4.79 Å². The van der Waals surface area contributed by atoms with Gasteiger partial charge in [0.1, 0.15) is 0 Å². The Morgan fingerprint density at radius 1 is 1.25 bits per heavy atom. The average Bonchev–Trinajstić information content (AvgIpc) is 2.92. The number of amides is 1. The molecule has 0 aliphatic carbocycles. The van der Waals surface area contributed by atoms with E-state index in [2.05, 4.69) is 10.6 Å². The summed E-state index contributed by atoms with van der Waals surface area (Å²) in [7, 11) is 0. The molecule has 124 valence electrons. The van der Waals surface area contributed by atoms with Crippen LogP contribution in [0, 0.1) is 6.92 Å². The first-order chi connectivity index (χ1) is 11.5. The Morgan fingerprint density at radius 3 is 2.75 bits per heavy atom. The Balaban J connectivity index is 1.61. The van der Waals surface area contributed by atoms with Gasteiger partial charge in [-0.15, -0.1) is 0 Å². The van der Waals surface area contributed by atoms with Crippen LogP contribution in [0.1, 0.15) is 12.0 Å². The van der Waals surface area contributed by atoms with E-state index in [9.17, 15) is 4.79 Å². The van der Waals surface area contributed by atoms with Crippen LogP contribution in [0.2, 0.25) is 5.02 Å². The summed E-state index contributed by atoms with van der Waals surface area (Å²) in [5.74, 6) is 0.0976. The van der Waals surface area contributed by atoms with Crippen molar-refractivity contribution in [2.24, 2.45) is 0 Å². The summed E-state index contributed by atoms with van der Waals surface area (Å²) < 4.78 is 0. The molecule has 1 aliphatic rings. The SMILES string of the molecule is Cc1ccc(Cl)cc1NC(=S)NC1CC(=O)N(c2ccccc2)C1. The van der Waals surface area contributed by atoms with Crippen LogP contribution in [-0.4, -0.2) is 23.6 Å². The molecular weight excluding hydrogens is 342 g/mol. The largest absolute Gasteiger partial charge is 0.357 e. The lowest BCUT2D eigenvalue weighted by molar-refractivity contribution is -0.117. The minimum atomic E-state index is -0.0165. The molecule has 2 N–H and O–H groups in total. The van der Waals surface area contributed by atoms with Gasteiger partial charge in [0.2, 0.25) is 5.91 Å². The van der Waals surface area contributed by atoms with Crippen LogP contribution >= 0.6 is 23.8 Å². The smallest absolute Gasteiger partial charge is 0.229 e. The molecule has 0 radical (unpaired) electrons. The van der Waals surface area contributed by atoms with Gasteiger partial charge in [0.05, 0.1) is 6.04 Å². The molecule has 1 unspecified atom stereocenters. The fourth-order valence-electron chi connectivity index (χ4n) is 2.73. The summed E-state index contributed by atoms with van der Waals surface area (Å²) >= 11 is 11.4. The van der Waals surface area contributed by atoms with E-state index in [1.807, 2.05) is 55.5 Å². The van der Waals surface area contributed by atoms with E-state index < -0.39 is 0 Å². The number of benzene rings is 2. The minimum absolute atomic E-state index is 0.0165. The third-order valence-electron chi connectivity index (χ3n) is 3.98. The maximum atomic E-state index is 12.2. The van der Waals surface area contributed by atoms with Gasteiger partial charge in [0, 0.05) is 29.4 Å². The van der Waals surface area contributed by atoms with Gasteiger partial charge in [-0.2, -0.15) is 0 Å². The molecule has 0 aromatic heterocycles. The molecule has 2 aromatic carbocycles. The quantitative estimate of drug-likeness (QED) is 0.819. The van der Waals surface area contributed by atoms with Crippen LogP contribution in [0.15, 0.2) is 48.5 Å². The molecule has 1 atom stereocenters. The van der Waals surface area contributed by atoms with E-state index in [1.54, 1.807) is 4.90 Å². The third-order valence-corrected chi connectivity index (χ3v) is 4.43. The van der Waals surface area contributed by atoms with Gasteiger partial charge < -0.3 is 15.5 Å². The second kappa shape index (κ2) is 7.20. The molecule has 2 aromatic rings. The molecular formula is C18H18ClN3OS. The van der Waals surface area contributed by atoms with E-state index in [0.29, 0.717) is 23.1 Å². The van der Waals surface area contributed by atoms with Crippen molar-refractivity contribution in [3.8, 4) is 0 Å². The number of hydrogen-bond acceptors (Lipinski definition) is 2. The van der Waals surface area contributed by atoms with Crippen molar-refractivity contribution >= 4 is 46.2 Å². The van der Waals surface area contributed by atoms with Crippen LogP contribution in [-0.2, 0) is 4.79 Å². The van der Waals surface area contributed by atoms with Crippen molar-refractivity contribution in [2.75, 3.05) is 16.8 Å². The highest BCUT2D eigenvalue weighted by atomic mass is 35.5. The summed E-state index contributed by atoms with van der Waals surface area (Å²) in [5, 5.41) is 7.52. The number of carbonyl (C=O) groups excluding carboxylic acids is 1. The van der Waals surface area contributed by atoms with Crippen LogP contribution in [0.4, 0.5) is 11.4 Å². The summed E-state index contributed by atoms with van der Waals surface area (Å²) in [5.41, 5.74) is 2.83. The van der Waals surface area contributed by atoms with Gasteiger partial charge in [0.15, 0.2) is 5.11 Å². The van der Waals surface area contributed by atoms with Crippen LogP contribution in [0.25, 0.3) is 0 Å². The van der Waals surface area contributed by atoms with Crippen LogP contribution in [0.5, 0.6) is 0 Å². The topological polar surface area (TPSA) is 44.4 Å². The lowest BCUT2D eigenvalue weighted by atomic mass is 10.2. The standard InChI is InChI=1S/C18H18ClN3OS/c1-12-7-8-13(19)9-16(12)21-18(24)20-14-10-17(23)22(11-14)15-5-3-2-4-6-15/h2-9,14H,10-11H2,1H3,(H2,20,21,24). The minimum Gasteiger partial charge on any atom is -0.357 e. The first-order valence-electron chi connectivity index (χ1n) is 7.72. The molecule has 4 nitrogen and oxygen atoms in total. The third kappa shape index (κ3) is 3.86. The molecule has 0 bridgehead atoms. The Bertz CT molecular complexity index is 766. The highest BCUT2D eigenvalue weighted by Gasteiger charge is 2.30. The van der Waals surface area contributed by atoms with Gasteiger partial charge in [-0.1, -0.05) is 35.9 Å². The number of anilines is 2. The van der Waals surface area contributed by atoms with Crippen LogP contribution < -0.4 is 15.5 Å². The van der Waals surface area contributed by atoms with Crippen molar-refractivity contribution in [3.05, 3.63) is 59.1 Å². The molecule has 1 amide bonds. The number of thiocarbonyl (C=S) groups is 1. The zero-order valence-electron chi connectivity index (χ0n) is 13.3. The van der Waals surface area contributed by atoms with Gasteiger partial charge >= 0.3 is 0 Å². The first kappa shape index (κ1) is 16.7. The van der Waals surface area contributed by atoms with Gasteiger partial charge in [-0.3, -0.25) is 4.79 Å². The summed E-state index contributed by atoms with van der Waals surface area (Å²) in [6, 6.07) is 15.3. The van der Waals surface area contributed by atoms with Gasteiger partial charge in [-0.05, 0) is 49.0 Å². The number of hydrogen-bond donors (Lipinski definition) is 2. The average molecular weight is 360 g/mol. The molecule has 0 saturated carbocycles. The second-order valence-corrected chi connectivity index (χ2v) is 6.64. The van der Waals surface area contributed by atoms with Crippen molar-refractivity contribution in [1.29, 1.82) is 0 Å². The van der Waals surface area contributed by atoms with Gasteiger partial charge in [0.25, 0.3) is 0 Å². The zero-order chi connectivity index (χ0) is 17.1. The number of carbonyl (C=O) groups is 1. The van der Waals surface area contributed by atoms with E-state index in [1.165, 1.54) is 0 Å². The van der Waals surface area contributed by atoms with Crippen LogP contribution in [0.3, 0.4) is 0 Å². The highest BCUT2D eigenvalue weighted by molar-refractivity contribution is 7.80. The maximum Gasteiger partial charge on any atom is 0.229 e. The fourth-order valence-corrected chi connectivity index (χ4v) is 3.18. The summed E-state index contributed by atoms with van der Waals surface area (Å²) in [4.78, 5) is 14.0. The Morgan fingerprint density at radius 2 is 2.00 bits per heavy atom. The normalized spacial score (nSPS) is 17.0. The van der Waals surface area contributed by atoms with Crippen molar-refractivity contribution in [3.63, 3.8) is 0 Å². The van der Waals surface area contributed by atoms with E-state index in [0.717, 1.165) is 16.9 Å². The number of nitrogens with zero attached hydrogens (tertiary/aromatic N) is 1. The molecule has 24 heavy (non-hydrogen) atoms. The second-order valence-electron chi connectivity index (χ2n) is 5.80. The lowest BCUT2D eigenvalue weighted by Gasteiger charge is -2.19. The Labute approximate surface area is 151 Å². The maximum absolute atomic E-state index is 12.2.